The number of aromatic nitrogens is 4. The van der Waals surface area contributed by atoms with E-state index in [1.54, 1.807) is 19.2 Å². The number of ether oxygens (including phenoxy) is 1. The first-order valence-electron chi connectivity index (χ1n) is 7.20. The Balaban J connectivity index is 1.75. The summed E-state index contributed by atoms with van der Waals surface area (Å²) in [6.07, 6.45) is 2.31. The molecule has 0 aliphatic carbocycles. The molecule has 2 heterocycles. The summed E-state index contributed by atoms with van der Waals surface area (Å²) in [5.74, 6) is 1.02. The Kier molecular flexibility index (Phi) is 4.29. The fourth-order valence-corrected chi connectivity index (χ4v) is 2.56. The number of amides is 1. The third-order valence-electron chi connectivity index (χ3n) is 3.64. The predicted octanol–water partition coefficient (Wildman–Crippen LogP) is 0.910. The number of hydrogen-bond donors (Lipinski definition) is 2. The van der Waals surface area contributed by atoms with E-state index in [-0.39, 0.29) is 5.91 Å². The monoisotopic (exact) mass is 302 g/mol. The molecule has 0 saturated carbocycles. The second kappa shape index (κ2) is 6.52. The lowest BCUT2D eigenvalue weighted by Gasteiger charge is -2.15. The summed E-state index contributed by atoms with van der Waals surface area (Å²) < 4.78 is 5.30. The quantitative estimate of drug-likeness (QED) is 0.852. The number of nitrogens with zero attached hydrogens (tertiary/aromatic N) is 4. The fraction of sp³-hybridized carbons (Fsp3) is 0.429. The van der Waals surface area contributed by atoms with Crippen molar-refractivity contribution in [2.45, 2.75) is 12.8 Å². The molecule has 1 aromatic heterocycles. The van der Waals surface area contributed by atoms with E-state index >= 15 is 0 Å². The van der Waals surface area contributed by atoms with Crippen LogP contribution in [0.1, 0.15) is 12.8 Å². The topological polar surface area (TPSA) is 96.0 Å². The zero-order chi connectivity index (χ0) is 15.4. The maximum absolute atomic E-state index is 12.2. The van der Waals surface area contributed by atoms with E-state index in [1.807, 2.05) is 6.07 Å². The molecule has 0 spiro atoms. The molecule has 0 radical (unpaired) electrons. The number of H-pyrrole nitrogens is 1. The van der Waals surface area contributed by atoms with Crippen LogP contribution in [-0.4, -0.2) is 58.2 Å². The van der Waals surface area contributed by atoms with Crippen LogP contribution >= 0.6 is 0 Å². The Morgan fingerprint density at radius 2 is 2.23 bits per heavy atom. The summed E-state index contributed by atoms with van der Waals surface area (Å²) in [6, 6.07) is 5.38. The van der Waals surface area contributed by atoms with Gasteiger partial charge >= 0.3 is 0 Å². The highest BCUT2D eigenvalue weighted by atomic mass is 16.5. The lowest BCUT2D eigenvalue weighted by atomic mass is 10.1. The number of benzene rings is 1. The molecule has 1 fully saturated rings. The number of carbonyl (C=O) groups excluding carboxylic acids is 1. The Hall–Kier alpha value is -2.48. The molecule has 1 saturated heterocycles. The van der Waals surface area contributed by atoms with Crippen molar-refractivity contribution in [1.82, 2.24) is 25.5 Å². The van der Waals surface area contributed by atoms with Crippen molar-refractivity contribution in [2.75, 3.05) is 32.1 Å². The Labute approximate surface area is 127 Å². The van der Waals surface area contributed by atoms with E-state index in [9.17, 15) is 4.79 Å². The Bertz CT molecular complexity index is 637. The van der Waals surface area contributed by atoms with Crippen molar-refractivity contribution in [3.8, 4) is 17.1 Å². The first-order chi connectivity index (χ1) is 10.8. The van der Waals surface area contributed by atoms with Gasteiger partial charge in [-0.1, -0.05) is 0 Å². The second-order valence-corrected chi connectivity index (χ2v) is 5.18. The number of methoxy groups -OCH3 is 1. The first-order valence-corrected chi connectivity index (χ1v) is 7.20. The van der Waals surface area contributed by atoms with E-state index in [1.165, 1.54) is 0 Å². The Morgan fingerprint density at radius 1 is 1.41 bits per heavy atom. The predicted molar refractivity (Wildman–Crippen MR) is 80.5 cm³/mol. The molecule has 1 aliphatic heterocycles. The minimum atomic E-state index is -0.0505. The lowest BCUT2D eigenvalue weighted by Crippen LogP contribution is -2.31. The van der Waals surface area contributed by atoms with E-state index in [4.69, 9.17) is 4.74 Å². The number of tetrazole rings is 1. The van der Waals surface area contributed by atoms with Gasteiger partial charge in [-0.25, -0.2) is 0 Å². The van der Waals surface area contributed by atoms with Crippen molar-refractivity contribution < 1.29 is 9.53 Å². The lowest BCUT2D eigenvalue weighted by molar-refractivity contribution is -0.117. The molecule has 0 atom stereocenters. The highest BCUT2D eigenvalue weighted by Crippen LogP contribution is 2.29. The van der Waals surface area contributed by atoms with Crippen molar-refractivity contribution in [3.05, 3.63) is 18.2 Å². The van der Waals surface area contributed by atoms with Gasteiger partial charge in [0.05, 0.1) is 19.3 Å². The fourth-order valence-electron chi connectivity index (χ4n) is 2.56. The van der Waals surface area contributed by atoms with Crippen molar-refractivity contribution in [3.63, 3.8) is 0 Å². The summed E-state index contributed by atoms with van der Waals surface area (Å²) in [4.78, 5) is 14.3. The Morgan fingerprint density at radius 3 is 2.91 bits per heavy atom. The molecule has 3 rings (SSSR count). The van der Waals surface area contributed by atoms with Gasteiger partial charge in [0, 0.05) is 5.56 Å². The van der Waals surface area contributed by atoms with Crippen LogP contribution in [0.25, 0.3) is 11.4 Å². The molecule has 116 valence electrons. The van der Waals surface area contributed by atoms with Crippen molar-refractivity contribution >= 4 is 11.6 Å². The molecule has 0 unspecified atom stereocenters. The van der Waals surface area contributed by atoms with Gasteiger partial charge in [0.1, 0.15) is 5.75 Å². The van der Waals surface area contributed by atoms with Gasteiger partial charge in [0.15, 0.2) is 0 Å². The molecule has 1 aliphatic rings. The van der Waals surface area contributed by atoms with Gasteiger partial charge in [0.2, 0.25) is 11.7 Å². The summed E-state index contributed by atoms with van der Waals surface area (Å²) in [5.41, 5.74) is 1.36. The van der Waals surface area contributed by atoms with Crippen LogP contribution < -0.4 is 10.1 Å². The minimum Gasteiger partial charge on any atom is -0.495 e. The maximum atomic E-state index is 12.2. The van der Waals surface area contributed by atoms with Crippen LogP contribution in [0, 0.1) is 0 Å². The van der Waals surface area contributed by atoms with Crippen LogP contribution in [0.2, 0.25) is 0 Å². The third kappa shape index (κ3) is 3.22. The average Bonchev–Trinajstić information content (AvgIpc) is 3.20. The zero-order valence-electron chi connectivity index (χ0n) is 12.4. The van der Waals surface area contributed by atoms with E-state index < -0.39 is 0 Å². The first kappa shape index (κ1) is 14.5. The summed E-state index contributed by atoms with van der Waals surface area (Å²) in [6.45, 7) is 2.36. The molecule has 8 nitrogen and oxygen atoms in total. The van der Waals surface area contributed by atoms with Gasteiger partial charge in [-0.15, -0.1) is 10.2 Å². The normalized spacial score (nSPS) is 15.0. The van der Waals surface area contributed by atoms with Crippen LogP contribution in [0.4, 0.5) is 5.69 Å². The molecule has 1 amide bonds. The van der Waals surface area contributed by atoms with E-state index in [0.29, 0.717) is 23.8 Å². The van der Waals surface area contributed by atoms with Gasteiger partial charge < -0.3 is 10.1 Å². The highest BCUT2D eigenvalue weighted by molar-refractivity contribution is 5.94. The molecule has 2 N–H and O–H groups in total. The van der Waals surface area contributed by atoms with E-state index in [2.05, 4.69) is 30.8 Å². The zero-order valence-corrected chi connectivity index (χ0v) is 12.4. The van der Waals surface area contributed by atoms with Crippen molar-refractivity contribution in [2.24, 2.45) is 0 Å². The van der Waals surface area contributed by atoms with Crippen LogP contribution in [0.3, 0.4) is 0 Å². The summed E-state index contributed by atoms with van der Waals surface area (Å²) >= 11 is 0. The smallest absolute Gasteiger partial charge is 0.238 e. The maximum Gasteiger partial charge on any atom is 0.238 e. The molecule has 0 bridgehead atoms. The van der Waals surface area contributed by atoms with Crippen LogP contribution in [-0.2, 0) is 4.79 Å². The minimum absolute atomic E-state index is 0.0505. The van der Waals surface area contributed by atoms with Gasteiger partial charge in [-0.2, -0.15) is 5.21 Å². The third-order valence-corrected chi connectivity index (χ3v) is 3.64. The number of aromatic amines is 1. The van der Waals surface area contributed by atoms with E-state index in [0.717, 1.165) is 31.5 Å². The van der Waals surface area contributed by atoms with Crippen molar-refractivity contribution in [1.29, 1.82) is 0 Å². The number of carbonyl (C=O) groups is 1. The number of nitrogens with one attached hydrogen (secondary N) is 2. The second-order valence-electron chi connectivity index (χ2n) is 5.18. The largest absolute Gasteiger partial charge is 0.495 e. The van der Waals surface area contributed by atoms with Gasteiger partial charge in [-0.05, 0) is 49.3 Å². The summed E-state index contributed by atoms with van der Waals surface area (Å²) in [5, 5.41) is 16.7. The van der Waals surface area contributed by atoms with Gasteiger partial charge in [0.25, 0.3) is 0 Å². The number of rotatable bonds is 5. The molecular formula is C14H18N6O2. The molecule has 1 aromatic carbocycles. The SMILES string of the molecule is COc1ccc(-c2nn[nH]n2)cc1NC(=O)CN1CCCC1. The number of likely N-dealkylation sites (tertiary alicyclic amines) is 1. The molecule has 22 heavy (non-hydrogen) atoms. The highest BCUT2D eigenvalue weighted by Gasteiger charge is 2.17. The van der Waals surface area contributed by atoms with Gasteiger partial charge in [-0.3, -0.25) is 9.69 Å². The number of anilines is 1. The molecular weight excluding hydrogens is 284 g/mol. The number of hydrogen-bond acceptors (Lipinski definition) is 6. The summed E-state index contributed by atoms with van der Waals surface area (Å²) in [7, 11) is 1.57. The standard InChI is InChI=1S/C14H18N6O2/c1-22-12-5-4-10(14-16-18-19-17-14)8-11(12)15-13(21)9-20-6-2-3-7-20/h4-5,8H,2-3,6-7,9H2,1H3,(H,15,21)(H,16,17,18,19). The average molecular weight is 302 g/mol. The van der Waals surface area contributed by atoms with Crippen LogP contribution in [0.15, 0.2) is 18.2 Å². The molecule has 8 heteroatoms. The molecule has 2 aromatic rings. The van der Waals surface area contributed by atoms with Crippen LogP contribution in [0.5, 0.6) is 5.75 Å².